The minimum absolute atomic E-state index is 0.264. The maximum atomic E-state index is 12.5. The van der Waals surface area contributed by atoms with Crippen LogP contribution in [-0.4, -0.2) is 30.1 Å². The molecule has 0 amide bonds. The maximum Gasteiger partial charge on any atom is 0.323 e. The second-order valence-electron chi connectivity index (χ2n) is 3.82. The number of rotatable bonds is 6. The fraction of sp³-hybridized carbons (Fsp3) is 0.417. The Balaban J connectivity index is 2.84. The molecule has 0 aliphatic rings. The third-order valence-corrected chi connectivity index (χ3v) is 4.75. The lowest BCUT2D eigenvalue weighted by Gasteiger charge is -2.21. The van der Waals surface area contributed by atoms with Gasteiger partial charge in [-0.25, -0.2) is 5.09 Å². The zero-order valence-electron chi connectivity index (χ0n) is 10.5. The first kappa shape index (κ1) is 14.9. The monoisotopic (exact) mass is 271 g/mol. The molecule has 0 bridgehead atoms. The van der Waals surface area contributed by atoms with E-state index < -0.39 is 25.7 Å². The summed E-state index contributed by atoms with van der Waals surface area (Å²) in [5.74, 6) is -0.484. The molecule has 0 radical (unpaired) electrons. The lowest BCUT2D eigenvalue weighted by molar-refractivity contribution is -0.144. The van der Waals surface area contributed by atoms with Crippen LogP contribution in [0.5, 0.6) is 0 Å². The smallest absolute Gasteiger partial charge is 0.323 e. The highest BCUT2D eigenvalue weighted by atomic mass is 31.2. The average Bonchev–Trinajstić information content (AvgIpc) is 2.39. The second kappa shape index (κ2) is 6.69. The van der Waals surface area contributed by atoms with Crippen molar-refractivity contribution >= 4 is 18.6 Å². The van der Waals surface area contributed by atoms with Gasteiger partial charge in [0.05, 0.1) is 6.61 Å². The number of hydrogen-bond donors (Lipinski definition) is 2. The third kappa shape index (κ3) is 3.67. The first-order valence-corrected chi connectivity index (χ1v) is 7.62. The molecule has 0 heterocycles. The van der Waals surface area contributed by atoms with Gasteiger partial charge in [-0.15, -0.1) is 0 Å². The van der Waals surface area contributed by atoms with Crippen molar-refractivity contribution in [1.82, 2.24) is 5.09 Å². The molecule has 2 atom stereocenters. The van der Waals surface area contributed by atoms with Crippen LogP contribution >= 0.6 is 7.29 Å². The third-order valence-electron chi connectivity index (χ3n) is 2.41. The molecule has 18 heavy (non-hydrogen) atoms. The molecule has 1 aromatic carbocycles. The van der Waals surface area contributed by atoms with Crippen LogP contribution in [0.2, 0.25) is 0 Å². The Hall–Kier alpha value is -1.16. The molecule has 0 aliphatic carbocycles. The number of carbonyl (C=O) groups excluding carboxylic acids is 1. The summed E-state index contributed by atoms with van der Waals surface area (Å²) >= 11 is 0. The topological polar surface area (TPSA) is 75.6 Å². The number of carbonyl (C=O) groups is 1. The van der Waals surface area contributed by atoms with Gasteiger partial charge in [0.2, 0.25) is 7.29 Å². The highest BCUT2D eigenvalue weighted by Crippen LogP contribution is 2.38. The Morgan fingerprint density at radius 2 is 2.06 bits per heavy atom. The Kier molecular flexibility index (Phi) is 5.54. The quantitative estimate of drug-likeness (QED) is 0.598. The largest absolute Gasteiger partial charge is 0.465 e. The van der Waals surface area contributed by atoms with Gasteiger partial charge in [-0.1, -0.05) is 30.3 Å². The Labute approximate surface area is 107 Å². The van der Waals surface area contributed by atoms with Crippen LogP contribution in [0.1, 0.15) is 13.8 Å². The first-order chi connectivity index (χ1) is 8.53. The van der Waals surface area contributed by atoms with Gasteiger partial charge < -0.3 is 9.84 Å². The summed E-state index contributed by atoms with van der Waals surface area (Å²) in [6.45, 7) is 3.52. The normalized spacial score (nSPS) is 15.7. The van der Waals surface area contributed by atoms with Crippen molar-refractivity contribution < 1.29 is 19.2 Å². The minimum Gasteiger partial charge on any atom is -0.465 e. The SMILES string of the molecule is CCOC(=O)C(C)NP(=O)(CO)c1ccccc1. The van der Waals surface area contributed by atoms with E-state index in [1.165, 1.54) is 0 Å². The highest BCUT2D eigenvalue weighted by molar-refractivity contribution is 7.69. The average molecular weight is 271 g/mol. The summed E-state index contributed by atoms with van der Waals surface area (Å²) in [6, 6.07) is 7.83. The molecule has 0 spiro atoms. The maximum absolute atomic E-state index is 12.5. The van der Waals surface area contributed by atoms with E-state index in [0.717, 1.165) is 0 Å². The van der Waals surface area contributed by atoms with Crippen LogP contribution in [0.3, 0.4) is 0 Å². The fourth-order valence-corrected chi connectivity index (χ4v) is 3.28. The molecule has 1 rings (SSSR count). The number of aliphatic hydroxyl groups is 1. The van der Waals surface area contributed by atoms with Gasteiger partial charge in [0.1, 0.15) is 12.4 Å². The van der Waals surface area contributed by atoms with E-state index >= 15 is 0 Å². The number of ether oxygens (including phenoxy) is 1. The first-order valence-electron chi connectivity index (χ1n) is 5.73. The van der Waals surface area contributed by atoms with E-state index in [1.54, 1.807) is 44.2 Å². The summed E-state index contributed by atoms with van der Waals surface area (Å²) in [6.07, 6.45) is -0.541. The predicted molar refractivity (Wildman–Crippen MR) is 70.0 cm³/mol. The summed E-state index contributed by atoms with van der Waals surface area (Å²) in [4.78, 5) is 11.5. The molecular weight excluding hydrogens is 253 g/mol. The van der Waals surface area contributed by atoms with Gasteiger partial charge in [0.15, 0.2) is 0 Å². The molecule has 6 heteroatoms. The molecule has 0 saturated heterocycles. The van der Waals surface area contributed by atoms with Crippen molar-refractivity contribution in [3.8, 4) is 0 Å². The Morgan fingerprint density at radius 1 is 1.44 bits per heavy atom. The zero-order chi connectivity index (χ0) is 13.6. The van der Waals surface area contributed by atoms with Gasteiger partial charge in [-0.2, -0.15) is 0 Å². The molecule has 0 aromatic heterocycles. The number of nitrogens with one attached hydrogen (secondary N) is 1. The van der Waals surface area contributed by atoms with E-state index in [4.69, 9.17) is 4.74 Å². The lowest BCUT2D eigenvalue weighted by Crippen LogP contribution is -2.36. The summed E-state index contributed by atoms with van der Waals surface area (Å²) in [5.41, 5.74) is 0. The van der Waals surface area contributed by atoms with Crippen molar-refractivity contribution in [3.05, 3.63) is 30.3 Å². The van der Waals surface area contributed by atoms with Crippen LogP contribution in [0.15, 0.2) is 30.3 Å². The van der Waals surface area contributed by atoms with E-state index in [-0.39, 0.29) is 6.61 Å². The van der Waals surface area contributed by atoms with Gasteiger partial charge in [0.25, 0.3) is 0 Å². The Bertz CT molecular complexity index is 435. The minimum atomic E-state index is -3.18. The van der Waals surface area contributed by atoms with Gasteiger partial charge in [-0.3, -0.25) is 9.36 Å². The van der Waals surface area contributed by atoms with Gasteiger partial charge in [-0.05, 0) is 13.8 Å². The van der Waals surface area contributed by atoms with Crippen LogP contribution in [0.25, 0.3) is 0 Å². The molecular formula is C12H18NO4P. The highest BCUT2D eigenvalue weighted by Gasteiger charge is 2.28. The van der Waals surface area contributed by atoms with Crippen molar-refractivity contribution in [3.63, 3.8) is 0 Å². The number of benzene rings is 1. The van der Waals surface area contributed by atoms with Crippen molar-refractivity contribution in [2.45, 2.75) is 19.9 Å². The van der Waals surface area contributed by atoms with Crippen LogP contribution in [-0.2, 0) is 14.1 Å². The van der Waals surface area contributed by atoms with E-state index in [0.29, 0.717) is 5.30 Å². The number of aliphatic hydroxyl groups excluding tert-OH is 1. The Morgan fingerprint density at radius 3 is 2.56 bits per heavy atom. The zero-order valence-corrected chi connectivity index (χ0v) is 11.4. The van der Waals surface area contributed by atoms with Crippen molar-refractivity contribution in [2.24, 2.45) is 0 Å². The second-order valence-corrected chi connectivity index (χ2v) is 6.36. The van der Waals surface area contributed by atoms with Crippen LogP contribution < -0.4 is 10.4 Å². The summed E-state index contributed by atoms with van der Waals surface area (Å²) in [7, 11) is -3.18. The molecule has 100 valence electrons. The van der Waals surface area contributed by atoms with Gasteiger partial charge >= 0.3 is 5.97 Å². The molecule has 0 saturated carbocycles. The van der Waals surface area contributed by atoms with E-state index in [2.05, 4.69) is 5.09 Å². The summed E-state index contributed by atoms with van der Waals surface area (Å²) in [5, 5.41) is 12.5. The molecule has 0 fully saturated rings. The lowest BCUT2D eigenvalue weighted by atomic mass is 10.4. The molecule has 0 aliphatic heterocycles. The number of esters is 1. The van der Waals surface area contributed by atoms with E-state index in [9.17, 15) is 14.5 Å². The summed E-state index contributed by atoms with van der Waals surface area (Å²) < 4.78 is 17.4. The van der Waals surface area contributed by atoms with Crippen molar-refractivity contribution in [2.75, 3.05) is 13.0 Å². The van der Waals surface area contributed by atoms with Crippen LogP contribution in [0, 0.1) is 0 Å². The van der Waals surface area contributed by atoms with E-state index in [1.807, 2.05) is 0 Å². The standard InChI is InChI=1S/C12H18NO4P/c1-3-17-12(15)10(2)13-18(16,9-14)11-7-5-4-6-8-11/h4-8,10,14H,3,9H2,1-2H3,(H,13,16). The van der Waals surface area contributed by atoms with Crippen LogP contribution in [0.4, 0.5) is 0 Å². The van der Waals surface area contributed by atoms with Crippen molar-refractivity contribution in [1.29, 1.82) is 0 Å². The molecule has 1 aromatic rings. The fourth-order valence-electron chi connectivity index (χ4n) is 1.50. The molecule has 2 N–H and O–H groups in total. The molecule has 5 nitrogen and oxygen atoms in total. The predicted octanol–water partition coefficient (Wildman–Crippen LogP) is 1.08. The number of hydrogen-bond acceptors (Lipinski definition) is 4. The molecule has 2 unspecified atom stereocenters. The van der Waals surface area contributed by atoms with Gasteiger partial charge in [0, 0.05) is 5.30 Å².